The van der Waals surface area contributed by atoms with E-state index in [9.17, 15) is 9.90 Å². The van der Waals surface area contributed by atoms with Crippen LogP contribution in [-0.4, -0.2) is 49.9 Å². The summed E-state index contributed by atoms with van der Waals surface area (Å²) in [5, 5.41) is 13.8. The highest BCUT2D eigenvalue weighted by Gasteiger charge is 2.51. The fourth-order valence-electron chi connectivity index (χ4n) is 7.66. The van der Waals surface area contributed by atoms with E-state index in [1.807, 2.05) is 33.8 Å². The molecule has 1 aliphatic heterocycles. The van der Waals surface area contributed by atoms with Crippen molar-refractivity contribution in [2.45, 2.75) is 130 Å². The predicted molar refractivity (Wildman–Crippen MR) is 198 cm³/mol. The van der Waals surface area contributed by atoms with Gasteiger partial charge in [-0.2, -0.15) is 0 Å². The summed E-state index contributed by atoms with van der Waals surface area (Å²) in [5.41, 5.74) is 0. The van der Waals surface area contributed by atoms with Gasteiger partial charge >= 0.3 is 0 Å². The molecular weight excluding hydrogens is 601 g/mol. The number of Topliss-reactive ketones (excluding diaryl/α,β-unsaturated/α-hetero) is 1. The van der Waals surface area contributed by atoms with Gasteiger partial charge in [0.1, 0.15) is 5.78 Å². The second-order valence-corrected chi connectivity index (χ2v) is 20.1. The lowest BCUT2D eigenvalue weighted by Gasteiger charge is -2.50. The van der Waals surface area contributed by atoms with Crippen molar-refractivity contribution in [1.82, 2.24) is 0 Å². The van der Waals surface area contributed by atoms with Crippen LogP contribution in [0.5, 0.6) is 0 Å². The van der Waals surface area contributed by atoms with Gasteiger partial charge in [0, 0.05) is 30.8 Å². The molecule has 0 aromatic heterocycles. The zero-order chi connectivity index (χ0) is 35.0. The maximum atomic E-state index is 12.9. The van der Waals surface area contributed by atoms with Gasteiger partial charge in [0.2, 0.25) is 0 Å². The fraction of sp³-hybridized carbons (Fsp3) is 0.634. The first-order valence-corrected chi connectivity index (χ1v) is 19.9. The minimum atomic E-state index is -2.63. The monoisotopic (exact) mass is 664 g/mol. The molecule has 5 nitrogen and oxygen atoms in total. The number of hydrogen-bond acceptors (Lipinski definition) is 5. The standard InChI is InChI=1S/C41H64O5Si/c1-12-14-21-29(3)36(42)27-37(43)31(5)39-32(6)38(45-41(10,11)46-39)30(4)26-33(13-2)28-44-47(40(7,8)9,34-22-17-15-18-23-34)35-24-19-16-20-25-35/h12,15-20,22-25,29-33,37-39,43H,1,13-14,21,26-28H2,2-11H3/t29-,30-,31-,32+,33-,37-,38-,39-/m0/s1. The molecule has 1 heterocycles. The maximum Gasteiger partial charge on any atom is 0.261 e. The van der Waals surface area contributed by atoms with E-state index in [0.717, 1.165) is 25.7 Å². The van der Waals surface area contributed by atoms with Gasteiger partial charge in [0.05, 0.1) is 18.3 Å². The van der Waals surface area contributed by atoms with E-state index in [1.165, 1.54) is 10.4 Å². The third-order valence-corrected chi connectivity index (χ3v) is 15.6. The Morgan fingerprint density at radius 1 is 1.00 bits per heavy atom. The van der Waals surface area contributed by atoms with Crippen molar-refractivity contribution in [2.24, 2.45) is 29.6 Å². The average molecular weight is 665 g/mol. The van der Waals surface area contributed by atoms with Crippen molar-refractivity contribution in [2.75, 3.05) is 6.61 Å². The molecule has 0 bridgehead atoms. The number of benzene rings is 2. The smallest absolute Gasteiger partial charge is 0.261 e. The van der Waals surface area contributed by atoms with Crippen molar-refractivity contribution >= 4 is 24.5 Å². The number of rotatable bonds is 17. The summed E-state index contributed by atoms with van der Waals surface area (Å²) in [7, 11) is -2.63. The molecule has 2 aromatic rings. The normalized spacial score (nSPS) is 23.3. The van der Waals surface area contributed by atoms with Crippen LogP contribution < -0.4 is 10.4 Å². The minimum absolute atomic E-state index is 0.0473. The molecule has 0 saturated carbocycles. The molecule has 0 amide bonds. The molecule has 1 saturated heterocycles. The Labute approximate surface area is 287 Å². The number of carbonyl (C=O) groups excluding carboxylic acids is 1. The van der Waals surface area contributed by atoms with Crippen LogP contribution in [0.1, 0.15) is 101 Å². The molecule has 0 unspecified atom stereocenters. The first kappa shape index (κ1) is 39.3. The van der Waals surface area contributed by atoms with Crippen molar-refractivity contribution in [3.63, 3.8) is 0 Å². The number of ether oxygens (including phenoxy) is 2. The Hall–Kier alpha value is -2.09. The van der Waals surface area contributed by atoms with Gasteiger partial charge in [-0.15, -0.1) is 6.58 Å². The second kappa shape index (κ2) is 17.0. The molecule has 47 heavy (non-hydrogen) atoms. The highest BCUT2D eigenvalue weighted by molar-refractivity contribution is 6.99. The molecule has 2 aromatic carbocycles. The summed E-state index contributed by atoms with van der Waals surface area (Å²) < 4.78 is 20.5. The topological polar surface area (TPSA) is 65.0 Å². The summed E-state index contributed by atoms with van der Waals surface area (Å²) in [5.74, 6) is -0.355. The quantitative estimate of drug-likeness (QED) is 0.136. The van der Waals surface area contributed by atoms with E-state index >= 15 is 0 Å². The molecule has 1 aliphatic rings. The average Bonchev–Trinajstić information content (AvgIpc) is 3.03. The summed E-state index contributed by atoms with van der Waals surface area (Å²) in [6.45, 7) is 26.1. The fourth-order valence-corrected chi connectivity index (χ4v) is 12.3. The van der Waals surface area contributed by atoms with Gasteiger partial charge in [0.15, 0.2) is 5.79 Å². The molecule has 1 N–H and O–H groups in total. The van der Waals surface area contributed by atoms with E-state index in [2.05, 4.69) is 109 Å². The van der Waals surface area contributed by atoms with Crippen LogP contribution in [0.15, 0.2) is 73.3 Å². The van der Waals surface area contributed by atoms with Gasteiger partial charge < -0.3 is 19.0 Å². The summed E-state index contributed by atoms with van der Waals surface area (Å²) >= 11 is 0. The number of carbonyl (C=O) groups is 1. The molecule has 0 spiro atoms. The van der Waals surface area contributed by atoms with Crippen LogP contribution in [0, 0.1) is 29.6 Å². The van der Waals surface area contributed by atoms with E-state index in [4.69, 9.17) is 13.9 Å². The number of ketones is 1. The molecule has 0 aliphatic carbocycles. The van der Waals surface area contributed by atoms with Crippen molar-refractivity contribution < 1.29 is 23.8 Å². The number of aliphatic hydroxyl groups is 1. The Morgan fingerprint density at radius 3 is 2.02 bits per heavy atom. The first-order valence-electron chi connectivity index (χ1n) is 18.0. The highest BCUT2D eigenvalue weighted by atomic mass is 28.4. The molecule has 1 fully saturated rings. The van der Waals surface area contributed by atoms with E-state index < -0.39 is 20.2 Å². The lowest BCUT2D eigenvalue weighted by molar-refractivity contribution is -0.338. The van der Waals surface area contributed by atoms with Gasteiger partial charge in [-0.3, -0.25) is 4.79 Å². The second-order valence-electron chi connectivity index (χ2n) is 15.7. The maximum absolute atomic E-state index is 12.9. The van der Waals surface area contributed by atoms with Gasteiger partial charge in [-0.25, -0.2) is 0 Å². The zero-order valence-corrected chi connectivity index (χ0v) is 32.0. The van der Waals surface area contributed by atoms with Crippen LogP contribution in [-0.2, 0) is 18.7 Å². The van der Waals surface area contributed by atoms with E-state index in [0.29, 0.717) is 12.5 Å². The van der Waals surface area contributed by atoms with Crippen LogP contribution >= 0.6 is 0 Å². The predicted octanol–water partition coefficient (Wildman–Crippen LogP) is 8.33. The van der Waals surface area contributed by atoms with E-state index in [-0.39, 0.29) is 53.1 Å². The highest BCUT2D eigenvalue weighted by Crippen LogP contribution is 2.41. The van der Waals surface area contributed by atoms with Gasteiger partial charge in [0.25, 0.3) is 8.32 Å². The molecule has 0 radical (unpaired) electrons. The summed E-state index contributed by atoms with van der Waals surface area (Å²) in [6, 6.07) is 21.7. The number of allylic oxidation sites excluding steroid dienone is 1. The first-order chi connectivity index (χ1) is 22.1. The Morgan fingerprint density at radius 2 is 1.53 bits per heavy atom. The SMILES string of the molecule is C=CCC[C@H](C)C(=O)C[C@H](O)[C@H](C)[C@@H]1OC(C)(C)O[C@@H]([C@@H](C)C[C@H](CC)CO[Si](c2ccccc2)(c2ccccc2)C(C)(C)C)[C@H]1C. The minimum Gasteiger partial charge on any atom is -0.407 e. The Bertz CT molecular complexity index is 1200. The third kappa shape index (κ3) is 9.76. The number of aliphatic hydroxyl groups excluding tert-OH is 1. The van der Waals surface area contributed by atoms with Gasteiger partial charge in [-0.1, -0.05) is 129 Å². The largest absolute Gasteiger partial charge is 0.407 e. The van der Waals surface area contributed by atoms with Crippen LogP contribution in [0.2, 0.25) is 5.04 Å². The number of hydrogen-bond donors (Lipinski definition) is 1. The summed E-state index contributed by atoms with van der Waals surface area (Å²) in [4.78, 5) is 12.9. The van der Waals surface area contributed by atoms with Crippen LogP contribution in [0.4, 0.5) is 0 Å². The Kier molecular flexibility index (Phi) is 14.3. The molecule has 3 rings (SSSR count). The van der Waals surface area contributed by atoms with E-state index in [1.54, 1.807) is 0 Å². The molecule has 6 heteroatoms. The molecule has 8 atom stereocenters. The van der Waals surface area contributed by atoms with Crippen molar-refractivity contribution in [3.05, 3.63) is 73.3 Å². The van der Waals surface area contributed by atoms with Gasteiger partial charge in [-0.05, 0) is 60.4 Å². The van der Waals surface area contributed by atoms with Crippen molar-refractivity contribution in [3.8, 4) is 0 Å². The van der Waals surface area contributed by atoms with Crippen molar-refractivity contribution in [1.29, 1.82) is 0 Å². The molecular formula is C41H64O5Si. The zero-order valence-electron chi connectivity index (χ0n) is 31.0. The third-order valence-electron chi connectivity index (χ3n) is 10.6. The van der Waals surface area contributed by atoms with Crippen LogP contribution in [0.25, 0.3) is 0 Å². The lowest BCUT2D eigenvalue weighted by Crippen LogP contribution is -2.67. The van der Waals surface area contributed by atoms with Crippen LogP contribution in [0.3, 0.4) is 0 Å². The Balaban J connectivity index is 1.79. The lowest BCUT2D eigenvalue weighted by atomic mass is 9.77. The molecule has 262 valence electrons. The summed E-state index contributed by atoms with van der Waals surface area (Å²) in [6.07, 6.45) is 4.46.